The van der Waals surface area contributed by atoms with Crippen molar-refractivity contribution < 1.29 is 4.79 Å². The van der Waals surface area contributed by atoms with E-state index in [1.165, 1.54) is 21.8 Å². The van der Waals surface area contributed by atoms with E-state index in [1.54, 1.807) is 7.05 Å². The van der Waals surface area contributed by atoms with Gasteiger partial charge in [-0.05, 0) is 12.0 Å². The second-order valence-electron chi connectivity index (χ2n) is 6.00. The number of aromatic nitrogens is 4. The third-order valence-electron chi connectivity index (χ3n) is 4.15. The third-order valence-corrected chi connectivity index (χ3v) is 4.15. The summed E-state index contributed by atoms with van der Waals surface area (Å²) in [6, 6.07) is 9.78. The van der Waals surface area contributed by atoms with Crippen LogP contribution in [0, 0.1) is 0 Å². The second kappa shape index (κ2) is 7.29. The van der Waals surface area contributed by atoms with Crippen molar-refractivity contribution in [1.82, 2.24) is 24.6 Å². The molecule has 0 saturated carbocycles. The Kier molecular flexibility index (Phi) is 4.92. The molecule has 3 rings (SSSR count). The number of fused-ring (bicyclic) bond motifs is 1. The van der Waals surface area contributed by atoms with Gasteiger partial charge >= 0.3 is 0 Å². The molecule has 1 unspecified atom stereocenters. The van der Waals surface area contributed by atoms with Crippen molar-refractivity contribution in [2.75, 3.05) is 0 Å². The number of aryl methyl sites for hydroxylation is 1. The lowest BCUT2D eigenvalue weighted by Gasteiger charge is -2.19. The number of hydrogen-bond acceptors (Lipinski definition) is 4. The first-order valence-electron chi connectivity index (χ1n) is 8.31. The smallest absolute Gasteiger partial charge is 0.264 e. The molecule has 2 aromatic heterocycles. The number of carbonyl (C=O) groups is 1. The molecule has 0 bridgehead atoms. The van der Waals surface area contributed by atoms with Gasteiger partial charge in [0.15, 0.2) is 5.65 Å². The molecule has 2 heterocycles. The zero-order valence-electron chi connectivity index (χ0n) is 14.3. The molecule has 1 N–H and O–H groups in total. The van der Waals surface area contributed by atoms with Crippen molar-refractivity contribution in [2.24, 2.45) is 7.05 Å². The van der Waals surface area contributed by atoms with Crippen LogP contribution in [-0.4, -0.2) is 25.2 Å². The van der Waals surface area contributed by atoms with Crippen molar-refractivity contribution in [3.8, 4) is 0 Å². The molecule has 7 nitrogen and oxygen atoms in total. The molecule has 0 saturated heterocycles. The van der Waals surface area contributed by atoms with E-state index in [4.69, 9.17) is 0 Å². The van der Waals surface area contributed by atoms with Gasteiger partial charge < -0.3 is 5.32 Å². The van der Waals surface area contributed by atoms with Crippen LogP contribution in [0.5, 0.6) is 0 Å². The van der Waals surface area contributed by atoms with Gasteiger partial charge in [0, 0.05) is 7.05 Å². The molecule has 0 aliphatic carbocycles. The summed E-state index contributed by atoms with van der Waals surface area (Å²) >= 11 is 0. The van der Waals surface area contributed by atoms with Crippen molar-refractivity contribution in [3.05, 3.63) is 58.8 Å². The highest BCUT2D eigenvalue weighted by molar-refractivity contribution is 5.77. The van der Waals surface area contributed by atoms with E-state index in [0.29, 0.717) is 11.0 Å². The Labute approximate surface area is 145 Å². The van der Waals surface area contributed by atoms with Gasteiger partial charge in [0.2, 0.25) is 5.91 Å². The summed E-state index contributed by atoms with van der Waals surface area (Å²) in [6.45, 7) is 2.01. The average Bonchev–Trinajstić information content (AvgIpc) is 2.99. The molecule has 130 valence electrons. The van der Waals surface area contributed by atoms with E-state index in [2.05, 4.69) is 22.3 Å². The van der Waals surface area contributed by atoms with Gasteiger partial charge in [-0.1, -0.05) is 43.7 Å². The van der Waals surface area contributed by atoms with Gasteiger partial charge in [-0.3, -0.25) is 18.8 Å². The van der Waals surface area contributed by atoms with Crippen LogP contribution in [0.2, 0.25) is 0 Å². The Hall–Kier alpha value is -2.96. The van der Waals surface area contributed by atoms with E-state index < -0.39 is 0 Å². The Morgan fingerprint density at radius 2 is 2.04 bits per heavy atom. The van der Waals surface area contributed by atoms with Gasteiger partial charge in [-0.15, -0.1) is 0 Å². The molecule has 3 aromatic rings. The zero-order valence-corrected chi connectivity index (χ0v) is 14.3. The molecule has 1 atom stereocenters. The largest absolute Gasteiger partial charge is 0.348 e. The van der Waals surface area contributed by atoms with Crippen LogP contribution in [0.3, 0.4) is 0 Å². The summed E-state index contributed by atoms with van der Waals surface area (Å²) in [6.07, 6.45) is 4.65. The second-order valence-corrected chi connectivity index (χ2v) is 6.00. The molecule has 25 heavy (non-hydrogen) atoms. The van der Waals surface area contributed by atoms with E-state index in [9.17, 15) is 9.59 Å². The van der Waals surface area contributed by atoms with Gasteiger partial charge in [-0.2, -0.15) is 5.10 Å². The summed E-state index contributed by atoms with van der Waals surface area (Å²) in [4.78, 5) is 29.1. The van der Waals surface area contributed by atoms with Crippen LogP contribution < -0.4 is 10.9 Å². The molecule has 0 aliphatic heterocycles. The van der Waals surface area contributed by atoms with Crippen LogP contribution in [0.1, 0.15) is 31.4 Å². The number of nitrogens with zero attached hydrogens (tertiary/aromatic N) is 4. The highest BCUT2D eigenvalue weighted by Gasteiger charge is 2.15. The maximum Gasteiger partial charge on any atom is 0.264 e. The fourth-order valence-corrected chi connectivity index (χ4v) is 2.87. The first-order chi connectivity index (χ1) is 12.1. The molecular formula is C18H21N5O2. The average molecular weight is 339 g/mol. The minimum Gasteiger partial charge on any atom is -0.348 e. The topological polar surface area (TPSA) is 81.8 Å². The normalized spacial score (nSPS) is 12.2. The fraction of sp³-hybridized carbons (Fsp3) is 0.333. The van der Waals surface area contributed by atoms with Gasteiger partial charge in [0.1, 0.15) is 18.3 Å². The zero-order chi connectivity index (χ0) is 17.8. The van der Waals surface area contributed by atoms with E-state index in [0.717, 1.165) is 18.4 Å². The molecule has 0 radical (unpaired) electrons. The lowest BCUT2D eigenvalue weighted by Crippen LogP contribution is -2.34. The summed E-state index contributed by atoms with van der Waals surface area (Å²) in [5, 5.41) is 7.45. The predicted molar refractivity (Wildman–Crippen MR) is 95.0 cm³/mol. The molecule has 0 fully saturated rings. The van der Waals surface area contributed by atoms with Crippen LogP contribution in [0.25, 0.3) is 11.0 Å². The molecule has 7 heteroatoms. The minimum absolute atomic E-state index is 0.0653. The Balaban J connectivity index is 1.77. The number of amides is 1. The van der Waals surface area contributed by atoms with E-state index in [1.807, 2.05) is 30.3 Å². The third kappa shape index (κ3) is 3.60. The summed E-state index contributed by atoms with van der Waals surface area (Å²) < 4.78 is 2.85. The quantitative estimate of drug-likeness (QED) is 0.742. The number of rotatable bonds is 6. The maximum absolute atomic E-state index is 12.4. The SMILES string of the molecule is CCCC(NC(=O)Cn1cnc2c(cnn2C)c1=O)c1ccccc1. The summed E-state index contributed by atoms with van der Waals surface area (Å²) in [7, 11) is 1.72. The van der Waals surface area contributed by atoms with Gasteiger partial charge in [0.05, 0.1) is 12.2 Å². The van der Waals surface area contributed by atoms with Crippen LogP contribution >= 0.6 is 0 Å². The molecular weight excluding hydrogens is 318 g/mol. The monoisotopic (exact) mass is 339 g/mol. The van der Waals surface area contributed by atoms with Crippen molar-refractivity contribution in [1.29, 1.82) is 0 Å². The first-order valence-corrected chi connectivity index (χ1v) is 8.31. The minimum atomic E-state index is -0.264. The summed E-state index contributed by atoms with van der Waals surface area (Å²) in [5.41, 5.74) is 1.31. The molecule has 1 aromatic carbocycles. The number of carbonyl (C=O) groups excluding carboxylic acids is 1. The number of benzene rings is 1. The fourth-order valence-electron chi connectivity index (χ4n) is 2.87. The number of hydrogen-bond donors (Lipinski definition) is 1. The standard InChI is InChI=1S/C18H21N5O2/c1-3-7-15(13-8-5-4-6-9-13)21-16(24)11-23-12-19-17-14(18(23)25)10-20-22(17)2/h4-6,8-10,12,15H,3,7,11H2,1-2H3,(H,21,24). The van der Waals surface area contributed by atoms with E-state index >= 15 is 0 Å². The highest BCUT2D eigenvalue weighted by atomic mass is 16.2. The predicted octanol–water partition coefficient (Wildman–Crippen LogP) is 1.79. The van der Waals surface area contributed by atoms with Crippen LogP contribution in [-0.2, 0) is 18.4 Å². The Morgan fingerprint density at radius 1 is 1.28 bits per heavy atom. The first kappa shape index (κ1) is 16.9. The van der Waals surface area contributed by atoms with Gasteiger partial charge in [-0.25, -0.2) is 4.98 Å². The molecule has 0 aliphatic rings. The van der Waals surface area contributed by atoms with Crippen molar-refractivity contribution >= 4 is 16.9 Å². The Morgan fingerprint density at radius 3 is 2.76 bits per heavy atom. The van der Waals surface area contributed by atoms with Crippen LogP contribution in [0.4, 0.5) is 0 Å². The highest BCUT2D eigenvalue weighted by Crippen LogP contribution is 2.18. The molecule has 1 amide bonds. The number of nitrogens with one attached hydrogen (secondary N) is 1. The van der Waals surface area contributed by atoms with E-state index in [-0.39, 0.29) is 24.1 Å². The van der Waals surface area contributed by atoms with Crippen molar-refractivity contribution in [3.63, 3.8) is 0 Å². The van der Waals surface area contributed by atoms with Crippen molar-refractivity contribution in [2.45, 2.75) is 32.4 Å². The molecule has 0 spiro atoms. The van der Waals surface area contributed by atoms with Crippen LogP contribution in [0.15, 0.2) is 47.7 Å². The lowest BCUT2D eigenvalue weighted by molar-refractivity contribution is -0.122. The summed E-state index contributed by atoms with van der Waals surface area (Å²) in [5.74, 6) is -0.213. The van der Waals surface area contributed by atoms with Gasteiger partial charge in [0.25, 0.3) is 5.56 Å². The maximum atomic E-state index is 12.4. The lowest BCUT2D eigenvalue weighted by atomic mass is 10.0. The Bertz CT molecular complexity index is 930.